The molecular formula is C10H6Cl3N3. The van der Waals surface area contributed by atoms with E-state index >= 15 is 0 Å². The zero-order valence-electron chi connectivity index (χ0n) is 8.21. The van der Waals surface area contributed by atoms with Gasteiger partial charge in [-0.2, -0.15) is 15.0 Å². The van der Waals surface area contributed by atoms with E-state index in [4.69, 9.17) is 34.8 Å². The summed E-state index contributed by atoms with van der Waals surface area (Å²) in [6.45, 7) is 1.92. The van der Waals surface area contributed by atoms with Crippen molar-refractivity contribution < 1.29 is 0 Å². The standard InChI is InChI=1S/C10H6Cl3N3/c1-5-2-3-6(4-7(5)11)8-14-9(12)16-10(13)15-8/h2-4H,1H3. The highest BCUT2D eigenvalue weighted by atomic mass is 35.5. The molecule has 16 heavy (non-hydrogen) atoms. The lowest BCUT2D eigenvalue weighted by molar-refractivity contribution is 1.06. The van der Waals surface area contributed by atoms with Gasteiger partial charge in [-0.15, -0.1) is 0 Å². The average Bonchev–Trinajstić information content (AvgIpc) is 2.20. The van der Waals surface area contributed by atoms with Crippen LogP contribution in [0.1, 0.15) is 5.56 Å². The predicted octanol–water partition coefficient (Wildman–Crippen LogP) is 3.81. The summed E-state index contributed by atoms with van der Waals surface area (Å²) in [7, 11) is 0. The molecule has 0 aliphatic carbocycles. The number of rotatable bonds is 1. The molecule has 0 fully saturated rings. The van der Waals surface area contributed by atoms with Crippen LogP contribution in [-0.2, 0) is 0 Å². The summed E-state index contributed by atoms with van der Waals surface area (Å²) in [6.07, 6.45) is 0. The van der Waals surface area contributed by atoms with E-state index in [0.29, 0.717) is 10.8 Å². The van der Waals surface area contributed by atoms with Gasteiger partial charge in [0.15, 0.2) is 5.82 Å². The van der Waals surface area contributed by atoms with E-state index in [9.17, 15) is 0 Å². The highest BCUT2D eigenvalue weighted by Gasteiger charge is 2.07. The Kier molecular flexibility index (Phi) is 3.28. The predicted molar refractivity (Wildman–Crippen MR) is 65.0 cm³/mol. The van der Waals surface area contributed by atoms with Crippen molar-refractivity contribution >= 4 is 34.8 Å². The largest absolute Gasteiger partial charge is 0.227 e. The lowest BCUT2D eigenvalue weighted by atomic mass is 10.1. The molecule has 0 bridgehead atoms. The third kappa shape index (κ3) is 2.43. The van der Waals surface area contributed by atoms with Gasteiger partial charge < -0.3 is 0 Å². The fraction of sp³-hybridized carbons (Fsp3) is 0.100. The van der Waals surface area contributed by atoms with Gasteiger partial charge in [-0.1, -0.05) is 23.7 Å². The quantitative estimate of drug-likeness (QED) is 0.794. The monoisotopic (exact) mass is 273 g/mol. The first kappa shape index (κ1) is 11.6. The number of hydrogen-bond acceptors (Lipinski definition) is 3. The van der Waals surface area contributed by atoms with E-state index in [1.54, 1.807) is 6.07 Å². The summed E-state index contributed by atoms with van der Waals surface area (Å²) in [5.41, 5.74) is 1.73. The first-order chi connectivity index (χ1) is 7.56. The third-order valence-corrected chi connectivity index (χ3v) is 2.76. The zero-order chi connectivity index (χ0) is 11.7. The Bertz CT molecular complexity index is 523. The van der Waals surface area contributed by atoms with Gasteiger partial charge in [-0.25, -0.2) is 0 Å². The molecule has 0 radical (unpaired) electrons. The second-order valence-electron chi connectivity index (χ2n) is 3.16. The minimum absolute atomic E-state index is 0.0618. The van der Waals surface area contributed by atoms with E-state index in [1.165, 1.54) is 0 Å². The summed E-state index contributed by atoms with van der Waals surface area (Å²) in [5, 5.41) is 0.767. The number of aryl methyl sites for hydroxylation is 1. The molecule has 0 amide bonds. The molecule has 1 aromatic heterocycles. The van der Waals surface area contributed by atoms with E-state index in [-0.39, 0.29) is 10.6 Å². The first-order valence-corrected chi connectivity index (χ1v) is 5.53. The van der Waals surface area contributed by atoms with Gasteiger partial charge in [0.1, 0.15) is 0 Å². The lowest BCUT2D eigenvalue weighted by Crippen LogP contribution is -1.93. The summed E-state index contributed by atoms with van der Waals surface area (Å²) >= 11 is 17.4. The fourth-order valence-electron chi connectivity index (χ4n) is 1.19. The normalized spacial score (nSPS) is 10.5. The minimum Gasteiger partial charge on any atom is -0.198 e. The Morgan fingerprint density at radius 2 is 1.56 bits per heavy atom. The Balaban J connectivity index is 2.54. The van der Waals surface area contributed by atoms with Gasteiger partial charge in [-0.05, 0) is 41.8 Å². The van der Waals surface area contributed by atoms with E-state index in [1.807, 2.05) is 19.1 Å². The molecule has 0 saturated carbocycles. The number of benzene rings is 1. The van der Waals surface area contributed by atoms with Gasteiger partial charge in [0.25, 0.3) is 0 Å². The second kappa shape index (κ2) is 4.53. The molecule has 0 saturated heterocycles. The van der Waals surface area contributed by atoms with Crippen molar-refractivity contribution in [3.05, 3.63) is 39.4 Å². The first-order valence-electron chi connectivity index (χ1n) is 4.40. The highest BCUT2D eigenvalue weighted by Crippen LogP contribution is 2.23. The van der Waals surface area contributed by atoms with Crippen LogP contribution in [0.3, 0.4) is 0 Å². The molecule has 2 rings (SSSR count). The molecule has 1 aromatic carbocycles. The molecular weight excluding hydrogens is 268 g/mol. The van der Waals surface area contributed by atoms with Crippen molar-refractivity contribution in [3.8, 4) is 11.4 Å². The lowest BCUT2D eigenvalue weighted by Gasteiger charge is -2.03. The Hall–Kier alpha value is -0.900. The molecule has 0 spiro atoms. The average molecular weight is 275 g/mol. The Labute approximate surface area is 107 Å². The molecule has 0 N–H and O–H groups in total. The summed E-state index contributed by atoms with van der Waals surface area (Å²) < 4.78 is 0. The van der Waals surface area contributed by atoms with E-state index < -0.39 is 0 Å². The number of aromatic nitrogens is 3. The Morgan fingerprint density at radius 3 is 2.12 bits per heavy atom. The Morgan fingerprint density at radius 1 is 0.938 bits per heavy atom. The van der Waals surface area contributed by atoms with Crippen LogP contribution in [0.15, 0.2) is 18.2 Å². The summed E-state index contributed by atoms with van der Waals surface area (Å²) in [4.78, 5) is 11.6. The van der Waals surface area contributed by atoms with Gasteiger partial charge in [0.2, 0.25) is 10.6 Å². The van der Waals surface area contributed by atoms with Gasteiger partial charge in [0.05, 0.1) is 0 Å². The van der Waals surface area contributed by atoms with Crippen molar-refractivity contribution in [2.75, 3.05) is 0 Å². The minimum atomic E-state index is 0.0618. The van der Waals surface area contributed by atoms with E-state index in [2.05, 4.69) is 15.0 Å². The third-order valence-electron chi connectivity index (χ3n) is 2.01. The van der Waals surface area contributed by atoms with Gasteiger partial charge in [-0.3, -0.25) is 0 Å². The van der Waals surface area contributed by atoms with Crippen molar-refractivity contribution in [1.29, 1.82) is 0 Å². The molecule has 82 valence electrons. The van der Waals surface area contributed by atoms with Crippen molar-refractivity contribution in [2.45, 2.75) is 6.92 Å². The maximum Gasteiger partial charge on any atom is 0.227 e. The van der Waals surface area contributed by atoms with Crippen LogP contribution in [0.5, 0.6) is 0 Å². The van der Waals surface area contributed by atoms with Crippen LogP contribution in [0, 0.1) is 6.92 Å². The fourth-order valence-corrected chi connectivity index (χ4v) is 1.73. The highest BCUT2D eigenvalue weighted by molar-refractivity contribution is 6.32. The SMILES string of the molecule is Cc1ccc(-c2nc(Cl)nc(Cl)n2)cc1Cl. The van der Waals surface area contributed by atoms with Gasteiger partial charge >= 0.3 is 0 Å². The van der Waals surface area contributed by atoms with Crippen LogP contribution in [0.2, 0.25) is 15.6 Å². The molecule has 2 aromatic rings. The molecule has 0 aliphatic rings. The van der Waals surface area contributed by atoms with Gasteiger partial charge in [0, 0.05) is 10.6 Å². The van der Waals surface area contributed by atoms with Crippen LogP contribution in [0.25, 0.3) is 11.4 Å². The van der Waals surface area contributed by atoms with Crippen molar-refractivity contribution in [3.63, 3.8) is 0 Å². The smallest absolute Gasteiger partial charge is 0.198 e. The van der Waals surface area contributed by atoms with Crippen LogP contribution in [0.4, 0.5) is 0 Å². The summed E-state index contributed by atoms with van der Waals surface area (Å²) in [5.74, 6) is 0.409. The van der Waals surface area contributed by atoms with Crippen LogP contribution >= 0.6 is 34.8 Å². The second-order valence-corrected chi connectivity index (χ2v) is 4.24. The molecule has 0 atom stereocenters. The van der Waals surface area contributed by atoms with Crippen molar-refractivity contribution in [1.82, 2.24) is 15.0 Å². The zero-order valence-corrected chi connectivity index (χ0v) is 10.5. The number of hydrogen-bond donors (Lipinski definition) is 0. The molecule has 0 aliphatic heterocycles. The molecule has 1 heterocycles. The topological polar surface area (TPSA) is 38.7 Å². The number of halogens is 3. The van der Waals surface area contributed by atoms with Crippen LogP contribution < -0.4 is 0 Å². The maximum absolute atomic E-state index is 6.01. The molecule has 6 heteroatoms. The van der Waals surface area contributed by atoms with Crippen LogP contribution in [-0.4, -0.2) is 15.0 Å². The molecule has 3 nitrogen and oxygen atoms in total. The molecule has 0 unspecified atom stereocenters. The summed E-state index contributed by atoms with van der Waals surface area (Å²) in [6, 6.07) is 5.49. The maximum atomic E-state index is 6.01. The van der Waals surface area contributed by atoms with Crippen molar-refractivity contribution in [2.24, 2.45) is 0 Å². The van der Waals surface area contributed by atoms with E-state index in [0.717, 1.165) is 11.1 Å². The number of nitrogens with zero attached hydrogens (tertiary/aromatic N) is 3.